The highest BCUT2D eigenvalue weighted by atomic mass is 79.9. The first-order valence-electron chi connectivity index (χ1n) is 11.8. The first-order chi connectivity index (χ1) is 16.8. The number of carbonyl (C=O) groups excluding carboxylic acids is 1. The third-order valence-corrected chi connectivity index (χ3v) is 7.60. The fourth-order valence-electron chi connectivity index (χ4n) is 5.07. The van der Waals surface area contributed by atoms with Gasteiger partial charge in [-0.2, -0.15) is 0 Å². The monoisotopic (exact) mass is 552 g/mol. The summed E-state index contributed by atoms with van der Waals surface area (Å²) in [5.41, 5.74) is 2.74. The van der Waals surface area contributed by atoms with Crippen LogP contribution < -0.4 is 0 Å². The number of halogens is 1. The number of benzene rings is 3. The van der Waals surface area contributed by atoms with E-state index < -0.39 is 17.5 Å². The van der Waals surface area contributed by atoms with Crippen molar-refractivity contribution in [2.75, 3.05) is 0 Å². The number of hydrogen-bond donors (Lipinski definition) is 3. The first-order valence-corrected chi connectivity index (χ1v) is 12.6. The minimum Gasteiger partial charge on any atom is -0.508 e. The summed E-state index contributed by atoms with van der Waals surface area (Å²) in [6.07, 6.45) is 0. The minimum absolute atomic E-state index is 0.0160. The van der Waals surface area contributed by atoms with Crippen molar-refractivity contribution in [1.29, 1.82) is 0 Å². The lowest BCUT2D eigenvalue weighted by atomic mass is 9.72. The largest absolute Gasteiger partial charge is 0.508 e. The number of fused-ring (bicyclic) bond motifs is 1. The number of carboxylic acid groups (broad SMARTS) is 1. The summed E-state index contributed by atoms with van der Waals surface area (Å²) in [6.45, 7) is 11.5. The number of phenols is 2. The highest BCUT2D eigenvalue weighted by Crippen LogP contribution is 2.53. The van der Waals surface area contributed by atoms with Crippen LogP contribution in [0.1, 0.15) is 99.2 Å². The van der Waals surface area contributed by atoms with Crippen molar-refractivity contribution < 1.29 is 29.6 Å². The number of esters is 1. The standard InChI is InChI=1S/C29H29BrO6/c1-13(2)17-11-23(31)15(5)9-20(17)29(21-10-16(6)24(32)12-18(21)14(3)4)19-7-8-22(30)26(27(33)34)25(19)28(35)36-29/h7-14,31-32H,1-6H3,(H,33,34). The molecule has 0 bridgehead atoms. The van der Waals surface area contributed by atoms with Gasteiger partial charge in [-0.1, -0.05) is 33.8 Å². The van der Waals surface area contributed by atoms with E-state index in [1.54, 1.807) is 38.1 Å². The molecule has 6 nitrogen and oxygen atoms in total. The summed E-state index contributed by atoms with van der Waals surface area (Å²) in [4.78, 5) is 25.8. The summed E-state index contributed by atoms with van der Waals surface area (Å²) in [6, 6.07) is 10.3. The smallest absolute Gasteiger partial charge is 0.341 e. The zero-order chi connectivity index (χ0) is 26.7. The molecule has 188 valence electrons. The van der Waals surface area contributed by atoms with Crippen LogP contribution in [0, 0.1) is 13.8 Å². The van der Waals surface area contributed by atoms with Crippen LogP contribution in [0.25, 0.3) is 0 Å². The summed E-state index contributed by atoms with van der Waals surface area (Å²) in [5, 5.41) is 31.1. The number of cyclic esters (lactones) is 1. The van der Waals surface area contributed by atoms with E-state index in [1.165, 1.54) is 0 Å². The summed E-state index contributed by atoms with van der Waals surface area (Å²) in [7, 11) is 0. The highest BCUT2D eigenvalue weighted by molar-refractivity contribution is 9.10. The van der Waals surface area contributed by atoms with Crippen LogP contribution in [0.4, 0.5) is 0 Å². The number of phenolic OH excluding ortho intramolecular Hbond substituents is 2. The third kappa shape index (κ3) is 3.77. The number of aryl methyl sites for hydroxylation is 2. The molecule has 3 aromatic carbocycles. The van der Waals surface area contributed by atoms with Crippen molar-refractivity contribution in [3.05, 3.63) is 90.9 Å². The highest BCUT2D eigenvalue weighted by Gasteiger charge is 2.53. The van der Waals surface area contributed by atoms with Gasteiger partial charge in [0.25, 0.3) is 0 Å². The lowest BCUT2D eigenvalue weighted by Crippen LogP contribution is -2.33. The average molecular weight is 553 g/mol. The van der Waals surface area contributed by atoms with Gasteiger partial charge in [-0.3, -0.25) is 0 Å². The van der Waals surface area contributed by atoms with Gasteiger partial charge in [0, 0.05) is 21.2 Å². The number of aromatic hydroxyl groups is 2. The van der Waals surface area contributed by atoms with E-state index in [2.05, 4.69) is 15.9 Å². The minimum atomic E-state index is -1.49. The van der Waals surface area contributed by atoms with Gasteiger partial charge in [0.2, 0.25) is 0 Å². The predicted molar refractivity (Wildman–Crippen MR) is 140 cm³/mol. The Balaban J connectivity index is 2.28. The molecule has 3 aromatic rings. The molecule has 0 atom stereocenters. The van der Waals surface area contributed by atoms with Crippen molar-refractivity contribution in [1.82, 2.24) is 0 Å². The molecule has 0 aliphatic carbocycles. The van der Waals surface area contributed by atoms with Crippen LogP contribution >= 0.6 is 15.9 Å². The van der Waals surface area contributed by atoms with Crippen molar-refractivity contribution >= 4 is 27.9 Å². The van der Waals surface area contributed by atoms with E-state index in [-0.39, 0.29) is 38.9 Å². The molecule has 0 fully saturated rings. The molecule has 0 amide bonds. The molecule has 0 saturated carbocycles. The van der Waals surface area contributed by atoms with Gasteiger partial charge < -0.3 is 20.1 Å². The van der Waals surface area contributed by atoms with Crippen molar-refractivity contribution in [3.63, 3.8) is 0 Å². The number of carbonyl (C=O) groups is 2. The van der Waals surface area contributed by atoms with E-state index in [1.807, 2.05) is 39.8 Å². The number of carboxylic acids is 1. The van der Waals surface area contributed by atoms with E-state index in [9.17, 15) is 24.9 Å². The fourth-order valence-corrected chi connectivity index (χ4v) is 5.57. The maximum Gasteiger partial charge on any atom is 0.341 e. The van der Waals surface area contributed by atoms with E-state index >= 15 is 0 Å². The molecule has 7 heteroatoms. The number of rotatable bonds is 5. The lowest BCUT2D eigenvalue weighted by Gasteiger charge is -2.36. The van der Waals surface area contributed by atoms with E-state index in [0.717, 1.165) is 11.1 Å². The zero-order valence-electron chi connectivity index (χ0n) is 21.1. The molecule has 0 saturated heterocycles. The molecule has 36 heavy (non-hydrogen) atoms. The van der Waals surface area contributed by atoms with Gasteiger partial charge in [-0.25, -0.2) is 9.59 Å². The second kappa shape index (κ2) is 8.96. The molecular formula is C29H29BrO6. The molecule has 1 aliphatic heterocycles. The predicted octanol–water partition coefficient (Wildman–Crippen LogP) is 6.88. The van der Waals surface area contributed by atoms with Crippen LogP contribution in [0.2, 0.25) is 0 Å². The normalized spacial score (nSPS) is 14.3. The number of hydrogen-bond acceptors (Lipinski definition) is 5. The average Bonchev–Trinajstić information content (AvgIpc) is 3.09. The first kappa shape index (κ1) is 25.8. The van der Waals surface area contributed by atoms with Crippen LogP contribution in [0.3, 0.4) is 0 Å². The van der Waals surface area contributed by atoms with Crippen LogP contribution in [0.5, 0.6) is 11.5 Å². The topological polar surface area (TPSA) is 104 Å². The summed E-state index contributed by atoms with van der Waals surface area (Å²) < 4.78 is 6.60. The van der Waals surface area contributed by atoms with Crippen molar-refractivity contribution in [3.8, 4) is 11.5 Å². The van der Waals surface area contributed by atoms with Gasteiger partial charge in [0.1, 0.15) is 11.5 Å². The summed E-state index contributed by atoms with van der Waals surface area (Å²) in [5.74, 6) is -1.86. The van der Waals surface area contributed by atoms with Crippen molar-refractivity contribution in [2.24, 2.45) is 0 Å². The maximum absolute atomic E-state index is 13.6. The molecule has 0 unspecified atom stereocenters. The molecule has 1 aliphatic rings. The molecule has 0 aromatic heterocycles. The Hall–Kier alpha value is -3.32. The Morgan fingerprint density at radius 2 is 1.33 bits per heavy atom. The Labute approximate surface area is 218 Å². The Morgan fingerprint density at radius 3 is 1.75 bits per heavy atom. The van der Waals surface area contributed by atoms with Crippen LogP contribution in [0.15, 0.2) is 40.9 Å². The van der Waals surface area contributed by atoms with Gasteiger partial charge in [-0.05, 0) is 94.2 Å². The lowest BCUT2D eigenvalue weighted by molar-refractivity contribution is 0.0242. The molecule has 3 N–H and O–H groups in total. The SMILES string of the molecule is Cc1cc(C2(c3cc(C)c(O)cc3C(C)C)OC(=O)c3c2ccc(Br)c3C(=O)O)c(C(C)C)cc1O. The molecule has 1 heterocycles. The Bertz CT molecular complexity index is 1360. The van der Waals surface area contributed by atoms with E-state index in [4.69, 9.17) is 4.74 Å². The fraction of sp³-hybridized carbons (Fsp3) is 0.310. The van der Waals surface area contributed by atoms with Gasteiger partial charge in [-0.15, -0.1) is 0 Å². The zero-order valence-corrected chi connectivity index (χ0v) is 22.6. The number of aromatic carboxylic acids is 1. The van der Waals surface area contributed by atoms with Crippen LogP contribution in [-0.2, 0) is 10.3 Å². The van der Waals surface area contributed by atoms with Gasteiger partial charge in [0.15, 0.2) is 5.60 Å². The third-order valence-electron chi connectivity index (χ3n) is 6.94. The second-order valence-corrected chi connectivity index (χ2v) is 10.8. The second-order valence-electron chi connectivity index (χ2n) is 9.98. The Kier molecular flexibility index (Phi) is 6.41. The van der Waals surface area contributed by atoms with Crippen LogP contribution in [-0.4, -0.2) is 27.3 Å². The molecule has 0 radical (unpaired) electrons. The molecule has 0 spiro atoms. The quantitative estimate of drug-likeness (QED) is 0.298. The van der Waals surface area contributed by atoms with Gasteiger partial charge >= 0.3 is 11.9 Å². The molecule has 4 rings (SSSR count). The van der Waals surface area contributed by atoms with Gasteiger partial charge in [0.05, 0.1) is 11.1 Å². The van der Waals surface area contributed by atoms with E-state index in [0.29, 0.717) is 27.8 Å². The van der Waals surface area contributed by atoms with Crippen molar-refractivity contribution in [2.45, 2.75) is 59.0 Å². The summed E-state index contributed by atoms with van der Waals surface area (Å²) >= 11 is 3.29. The number of ether oxygens (including phenoxy) is 1. The Morgan fingerprint density at radius 1 is 0.861 bits per heavy atom. The molecular weight excluding hydrogens is 524 g/mol. The maximum atomic E-state index is 13.6.